The Morgan fingerprint density at radius 2 is 1.60 bits per heavy atom. The Morgan fingerprint density at radius 1 is 1.00 bits per heavy atom. The van der Waals surface area contributed by atoms with Crippen LogP contribution in [0.2, 0.25) is 0 Å². The molecule has 0 aliphatic rings. The first-order chi connectivity index (χ1) is 11.9. The van der Waals surface area contributed by atoms with Crippen molar-refractivity contribution in [3.05, 3.63) is 64.2 Å². The van der Waals surface area contributed by atoms with Crippen molar-refractivity contribution in [1.82, 2.24) is 0 Å². The molecule has 0 saturated heterocycles. The molecule has 0 saturated carbocycles. The number of benzene rings is 2. The lowest BCUT2D eigenvalue weighted by molar-refractivity contribution is -0.384. The van der Waals surface area contributed by atoms with E-state index < -0.39 is 4.92 Å². The molecular weight excluding hydrogens is 342 g/mol. The lowest BCUT2D eigenvalue weighted by atomic mass is 10.2. The van der Waals surface area contributed by atoms with Crippen LogP contribution in [0.25, 0.3) is 0 Å². The highest BCUT2D eigenvalue weighted by molar-refractivity contribution is 8.00. The van der Waals surface area contributed by atoms with Gasteiger partial charge in [-0.25, -0.2) is 0 Å². The molecule has 8 heteroatoms. The molecule has 7 nitrogen and oxygen atoms in total. The molecule has 0 fully saturated rings. The maximum absolute atomic E-state index is 11.8. The highest BCUT2D eigenvalue weighted by Gasteiger charge is 2.09. The van der Waals surface area contributed by atoms with E-state index in [0.29, 0.717) is 11.4 Å². The van der Waals surface area contributed by atoms with Crippen molar-refractivity contribution in [3.8, 4) is 0 Å². The number of non-ortho nitro benzene ring substituents is 1. The number of nitro groups is 1. The monoisotopic (exact) mass is 359 g/mol. The molecule has 2 rings (SSSR count). The van der Waals surface area contributed by atoms with Crippen LogP contribution < -0.4 is 10.6 Å². The Bertz CT molecular complexity index is 778. The van der Waals surface area contributed by atoms with Crippen molar-refractivity contribution < 1.29 is 14.5 Å². The minimum absolute atomic E-state index is 0.0734. The molecule has 2 N–H and O–H groups in total. The lowest BCUT2D eigenvalue weighted by Crippen LogP contribution is -2.18. The molecular formula is C17H17N3O4S. The molecule has 0 radical (unpaired) electrons. The van der Waals surface area contributed by atoms with Gasteiger partial charge in [-0.3, -0.25) is 19.7 Å². The smallest absolute Gasteiger partial charge is 0.271 e. The van der Waals surface area contributed by atoms with Crippen molar-refractivity contribution in [3.63, 3.8) is 0 Å². The normalized spacial score (nSPS) is 10.1. The molecule has 0 spiro atoms. The number of hydrogen-bond acceptors (Lipinski definition) is 5. The Labute approximate surface area is 149 Å². The number of amides is 2. The summed E-state index contributed by atoms with van der Waals surface area (Å²) in [5.74, 6) is -0.314. The van der Waals surface area contributed by atoms with Gasteiger partial charge in [0.1, 0.15) is 0 Å². The summed E-state index contributed by atoms with van der Waals surface area (Å²) in [5, 5.41) is 16.0. The second-order valence-electron chi connectivity index (χ2n) is 5.26. The lowest BCUT2D eigenvalue weighted by Gasteiger charge is -2.06. The summed E-state index contributed by atoms with van der Waals surface area (Å²) >= 11 is 1.16. The Kier molecular flexibility index (Phi) is 6.53. The van der Waals surface area contributed by atoms with Crippen LogP contribution in [-0.4, -0.2) is 28.2 Å². The standard InChI is InChI=1S/C17H17N3O4S/c1-12-5-7-13(8-6-12)18-16(21)10-25-11-17(22)19-14-3-2-4-15(9-14)20(23)24/h2-9H,10-11H2,1H3,(H,18,21)(H,19,22). The molecule has 2 aromatic rings. The van der Waals surface area contributed by atoms with Crippen LogP contribution in [0.4, 0.5) is 17.1 Å². The number of rotatable bonds is 7. The molecule has 0 bridgehead atoms. The fraction of sp³-hybridized carbons (Fsp3) is 0.176. The maximum Gasteiger partial charge on any atom is 0.271 e. The number of nitrogens with zero attached hydrogens (tertiary/aromatic N) is 1. The van der Waals surface area contributed by atoms with Crippen molar-refractivity contribution in [2.75, 3.05) is 22.1 Å². The molecule has 0 aliphatic heterocycles. The number of carbonyl (C=O) groups excluding carboxylic acids is 2. The quantitative estimate of drug-likeness (QED) is 0.584. The van der Waals surface area contributed by atoms with E-state index in [2.05, 4.69) is 10.6 Å². The van der Waals surface area contributed by atoms with E-state index in [1.54, 1.807) is 6.07 Å². The average Bonchev–Trinajstić information content (AvgIpc) is 2.57. The summed E-state index contributed by atoms with van der Waals surface area (Å²) in [4.78, 5) is 33.8. The zero-order chi connectivity index (χ0) is 18.2. The summed E-state index contributed by atoms with van der Waals surface area (Å²) in [6, 6.07) is 13.1. The number of nitro benzene ring substituents is 1. The van der Waals surface area contributed by atoms with Crippen molar-refractivity contribution in [1.29, 1.82) is 0 Å². The molecule has 0 atom stereocenters. The first-order valence-corrected chi connectivity index (χ1v) is 8.58. The van der Waals surface area contributed by atoms with Crippen LogP contribution in [0, 0.1) is 17.0 Å². The summed E-state index contributed by atoms with van der Waals surface area (Å²) in [7, 11) is 0. The number of anilines is 2. The maximum atomic E-state index is 11.8. The minimum atomic E-state index is -0.528. The van der Waals surface area contributed by atoms with E-state index in [0.717, 1.165) is 17.3 Å². The summed E-state index contributed by atoms with van der Waals surface area (Å²) < 4.78 is 0. The van der Waals surface area contributed by atoms with E-state index >= 15 is 0 Å². The van der Waals surface area contributed by atoms with Gasteiger partial charge in [0.25, 0.3) is 5.69 Å². The van der Waals surface area contributed by atoms with Crippen LogP contribution in [0.3, 0.4) is 0 Å². The summed E-state index contributed by atoms with van der Waals surface area (Å²) in [5.41, 5.74) is 2.06. The predicted octanol–water partition coefficient (Wildman–Crippen LogP) is 3.21. The van der Waals surface area contributed by atoms with Gasteiger partial charge in [0.15, 0.2) is 0 Å². The van der Waals surface area contributed by atoms with Gasteiger partial charge in [0, 0.05) is 23.5 Å². The van der Waals surface area contributed by atoms with Gasteiger partial charge in [-0.2, -0.15) is 0 Å². The third-order valence-corrected chi connectivity index (χ3v) is 4.07. The first-order valence-electron chi connectivity index (χ1n) is 7.42. The van der Waals surface area contributed by atoms with Gasteiger partial charge in [0.2, 0.25) is 11.8 Å². The fourth-order valence-electron chi connectivity index (χ4n) is 1.96. The Hall–Kier alpha value is -2.87. The molecule has 25 heavy (non-hydrogen) atoms. The summed E-state index contributed by atoms with van der Waals surface area (Å²) in [6.45, 7) is 1.96. The predicted molar refractivity (Wildman–Crippen MR) is 98.9 cm³/mol. The van der Waals surface area contributed by atoms with Gasteiger partial charge in [-0.1, -0.05) is 23.8 Å². The number of nitrogens with one attached hydrogen (secondary N) is 2. The second kappa shape index (κ2) is 8.84. The van der Waals surface area contributed by atoms with Crippen molar-refractivity contribution >= 4 is 40.6 Å². The van der Waals surface area contributed by atoms with Crippen LogP contribution in [0.1, 0.15) is 5.56 Å². The zero-order valence-electron chi connectivity index (χ0n) is 13.5. The van der Waals surface area contributed by atoms with E-state index in [1.165, 1.54) is 18.2 Å². The number of hydrogen-bond donors (Lipinski definition) is 2. The van der Waals surface area contributed by atoms with Crippen LogP contribution >= 0.6 is 11.8 Å². The van der Waals surface area contributed by atoms with E-state index in [1.807, 2.05) is 31.2 Å². The topological polar surface area (TPSA) is 101 Å². The average molecular weight is 359 g/mol. The number of thioether (sulfide) groups is 1. The zero-order valence-corrected chi connectivity index (χ0v) is 14.3. The molecule has 2 amide bonds. The number of carbonyl (C=O) groups is 2. The molecule has 0 heterocycles. The Balaban J connectivity index is 1.74. The molecule has 0 unspecified atom stereocenters. The fourth-order valence-corrected chi connectivity index (χ4v) is 2.58. The SMILES string of the molecule is Cc1ccc(NC(=O)CSCC(=O)Nc2cccc([N+](=O)[O-])c2)cc1. The summed E-state index contributed by atoms with van der Waals surface area (Å²) in [6.07, 6.45) is 0. The largest absolute Gasteiger partial charge is 0.325 e. The molecule has 0 aromatic heterocycles. The first kappa shape index (κ1) is 18.5. The number of aryl methyl sites for hydroxylation is 1. The van der Waals surface area contributed by atoms with Gasteiger partial charge < -0.3 is 10.6 Å². The van der Waals surface area contributed by atoms with E-state index in [-0.39, 0.29) is 29.0 Å². The highest BCUT2D eigenvalue weighted by Crippen LogP contribution is 2.17. The van der Waals surface area contributed by atoms with Gasteiger partial charge in [-0.05, 0) is 25.1 Å². The van der Waals surface area contributed by atoms with Crippen LogP contribution in [0.5, 0.6) is 0 Å². The minimum Gasteiger partial charge on any atom is -0.325 e. The van der Waals surface area contributed by atoms with Crippen LogP contribution in [0.15, 0.2) is 48.5 Å². The van der Waals surface area contributed by atoms with Gasteiger partial charge >= 0.3 is 0 Å². The second-order valence-corrected chi connectivity index (χ2v) is 6.25. The van der Waals surface area contributed by atoms with Crippen LogP contribution in [-0.2, 0) is 9.59 Å². The molecule has 0 aliphatic carbocycles. The van der Waals surface area contributed by atoms with Gasteiger partial charge in [-0.15, -0.1) is 11.8 Å². The third-order valence-electron chi connectivity index (χ3n) is 3.14. The highest BCUT2D eigenvalue weighted by atomic mass is 32.2. The molecule has 130 valence electrons. The Morgan fingerprint density at radius 3 is 2.20 bits per heavy atom. The van der Waals surface area contributed by atoms with Gasteiger partial charge in [0.05, 0.1) is 16.4 Å². The van der Waals surface area contributed by atoms with E-state index in [4.69, 9.17) is 0 Å². The van der Waals surface area contributed by atoms with E-state index in [9.17, 15) is 19.7 Å². The van der Waals surface area contributed by atoms with Crippen molar-refractivity contribution in [2.45, 2.75) is 6.92 Å². The molecule has 2 aromatic carbocycles. The van der Waals surface area contributed by atoms with Crippen molar-refractivity contribution in [2.24, 2.45) is 0 Å². The third kappa shape index (κ3) is 6.27.